The molecule has 1 saturated heterocycles. The highest BCUT2D eigenvalue weighted by Crippen LogP contribution is 2.38. The van der Waals surface area contributed by atoms with Gasteiger partial charge in [0.25, 0.3) is 5.56 Å². The van der Waals surface area contributed by atoms with Crippen LogP contribution in [0.25, 0.3) is 11.3 Å². The van der Waals surface area contributed by atoms with Gasteiger partial charge in [-0.05, 0) is 61.8 Å². The lowest BCUT2D eigenvalue weighted by Gasteiger charge is -2.42. The third-order valence-electron chi connectivity index (χ3n) is 7.84. The number of aromatic nitrogens is 4. The molecule has 176 valence electrons. The number of hydrogen-bond acceptors (Lipinski definition) is 6. The van der Waals surface area contributed by atoms with Crippen LogP contribution in [0.4, 0.5) is 11.8 Å². The predicted molar refractivity (Wildman–Crippen MR) is 134 cm³/mol. The van der Waals surface area contributed by atoms with E-state index in [1.165, 1.54) is 24.1 Å². The molecule has 0 amide bonds. The minimum atomic E-state index is -0.0559. The predicted octanol–water partition coefficient (Wildman–Crippen LogP) is 3.93. The molecule has 2 atom stereocenters. The molecule has 0 spiro atoms. The molecule has 7 heteroatoms. The monoisotopic (exact) mass is 456 g/mol. The molecule has 6 rings (SSSR count). The van der Waals surface area contributed by atoms with Crippen LogP contribution in [0.2, 0.25) is 0 Å². The van der Waals surface area contributed by atoms with Gasteiger partial charge in [0.05, 0.1) is 5.69 Å². The second kappa shape index (κ2) is 8.22. The van der Waals surface area contributed by atoms with Crippen LogP contribution in [0.1, 0.15) is 44.4 Å². The smallest absolute Gasteiger partial charge is 0.255 e. The fraction of sp³-hybridized carbons (Fsp3) is 0.481. The van der Waals surface area contributed by atoms with Crippen LogP contribution >= 0.6 is 0 Å². The lowest BCUT2D eigenvalue weighted by molar-refractivity contribution is 0.206. The summed E-state index contributed by atoms with van der Waals surface area (Å²) in [5, 5.41) is 3.66. The Morgan fingerprint density at radius 2 is 1.85 bits per heavy atom. The Morgan fingerprint density at radius 1 is 1.06 bits per heavy atom. The second-order valence-corrected chi connectivity index (χ2v) is 10.8. The Hall–Kier alpha value is -3.22. The molecule has 2 aliphatic heterocycles. The number of fused-ring (bicyclic) bond motifs is 2. The van der Waals surface area contributed by atoms with Gasteiger partial charge < -0.3 is 10.2 Å². The third-order valence-corrected chi connectivity index (χ3v) is 7.84. The van der Waals surface area contributed by atoms with Crippen molar-refractivity contribution in [2.45, 2.75) is 58.5 Å². The molecular formula is C27H32N6O. The Morgan fingerprint density at radius 3 is 2.65 bits per heavy atom. The van der Waals surface area contributed by atoms with Crippen LogP contribution in [-0.4, -0.2) is 38.7 Å². The normalized spacial score (nSPS) is 22.8. The van der Waals surface area contributed by atoms with Gasteiger partial charge >= 0.3 is 0 Å². The molecule has 3 aliphatic rings. The highest BCUT2D eigenvalue weighted by molar-refractivity contribution is 5.59. The first-order valence-electron chi connectivity index (χ1n) is 12.5. The maximum Gasteiger partial charge on any atom is 0.255 e. The number of nitrogens with one attached hydrogen (secondary N) is 1. The van der Waals surface area contributed by atoms with E-state index in [4.69, 9.17) is 9.97 Å². The molecule has 34 heavy (non-hydrogen) atoms. The van der Waals surface area contributed by atoms with E-state index in [0.29, 0.717) is 24.1 Å². The maximum atomic E-state index is 12.9. The second-order valence-electron chi connectivity index (χ2n) is 10.8. The maximum absolute atomic E-state index is 12.9. The Bertz CT molecular complexity index is 1260. The van der Waals surface area contributed by atoms with E-state index in [2.05, 4.69) is 41.2 Å². The van der Waals surface area contributed by atoms with E-state index in [9.17, 15) is 4.79 Å². The summed E-state index contributed by atoms with van der Waals surface area (Å²) in [6, 6.07) is 10.2. The standard InChI is InChI=1S/C27H32N6O/c1-27(2)17-33-25(34)16-22(19-7-9-28-10-8-19)30-26(33)31-23(27)15-18-13-20-5-6-24(29-21(20)14-18)32-11-3-4-12-32/h5-10,16,18,23H,3-4,11-15,17H2,1-2H3,(H,30,31). The van der Waals surface area contributed by atoms with E-state index in [1.807, 2.05) is 12.1 Å². The molecule has 3 aromatic heterocycles. The van der Waals surface area contributed by atoms with Crippen LogP contribution < -0.4 is 15.8 Å². The minimum absolute atomic E-state index is 0.0113. The highest BCUT2D eigenvalue weighted by Gasteiger charge is 2.39. The number of rotatable bonds is 4. The SMILES string of the molecule is CC1(C)Cn2c(nc(-c3ccncc3)cc2=O)NC1CC1Cc2ccc(N3CCCC3)nc2C1. The lowest BCUT2D eigenvalue weighted by Crippen LogP contribution is -2.48. The van der Waals surface area contributed by atoms with Crippen molar-refractivity contribution in [1.29, 1.82) is 0 Å². The molecule has 0 saturated carbocycles. The summed E-state index contributed by atoms with van der Waals surface area (Å²) in [6.07, 6.45) is 9.15. The molecule has 5 heterocycles. The Labute approximate surface area is 200 Å². The molecule has 3 aromatic rings. The molecule has 0 aromatic carbocycles. The third kappa shape index (κ3) is 3.87. The van der Waals surface area contributed by atoms with Gasteiger partial charge in [-0.15, -0.1) is 0 Å². The largest absolute Gasteiger partial charge is 0.357 e. The first-order valence-corrected chi connectivity index (χ1v) is 12.5. The van der Waals surface area contributed by atoms with E-state index in [0.717, 1.165) is 43.7 Å². The molecule has 2 unspecified atom stereocenters. The fourth-order valence-electron chi connectivity index (χ4n) is 5.85. The summed E-state index contributed by atoms with van der Waals surface area (Å²) in [4.78, 5) is 29.3. The van der Waals surface area contributed by atoms with E-state index >= 15 is 0 Å². The fourth-order valence-corrected chi connectivity index (χ4v) is 5.85. The molecule has 1 fully saturated rings. The summed E-state index contributed by atoms with van der Waals surface area (Å²) < 4.78 is 1.79. The van der Waals surface area contributed by atoms with Gasteiger partial charge in [0.15, 0.2) is 0 Å². The first kappa shape index (κ1) is 21.3. The van der Waals surface area contributed by atoms with Crippen molar-refractivity contribution in [3.63, 3.8) is 0 Å². The summed E-state index contributed by atoms with van der Waals surface area (Å²) in [5.74, 6) is 2.37. The van der Waals surface area contributed by atoms with Crippen molar-refractivity contribution in [2.24, 2.45) is 11.3 Å². The number of nitrogens with zero attached hydrogens (tertiary/aromatic N) is 5. The summed E-state index contributed by atoms with van der Waals surface area (Å²) in [6.45, 7) is 7.43. The molecule has 1 N–H and O–H groups in total. The number of anilines is 2. The zero-order chi connectivity index (χ0) is 23.3. The van der Waals surface area contributed by atoms with Gasteiger partial charge in [0, 0.05) is 60.8 Å². The van der Waals surface area contributed by atoms with E-state index in [1.54, 1.807) is 23.0 Å². The summed E-state index contributed by atoms with van der Waals surface area (Å²) in [5.41, 5.74) is 4.21. The first-order chi connectivity index (χ1) is 16.5. The van der Waals surface area contributed by atoms with Crippen molar-refractivity contribution in [3.8, 4) is 11.3 Å². The molecule has 1 aliphatic carbocycles. The van der Waals surface area contributed by atoms with Crippen molar-refractivity contribution < 1.29 is 0 Å². The van der Waals surface area contributed by atoms with Crippen LogP contribution in [0.5, 0.6) is 0 Å². The highest BCUT2D eigenvalue weighted by atomic mass is 16.1. The van der Waals surface area contributed by atoms with Gasteiger partial charge in [0.1, 0.15) is 5.82 Å². The number of pyridine rings is 2. The van der Waals surface area contributed by atoms with Gasteiger partial charge in [0.2, 0.25) is 5.95 Å². The van der Waals surface area contributed by atoms with Crippen molar-refractivity contribution in [2.75, 3.05) is 23.3 Å². The van der Waals surface area contributed by atoms with E-state index in [-0.39, 0.29) is 17.0 Å². The van der Waals surface area contributed by atoms with Crippen molar-refractivity contribution in [1.82, 2.24) is 19.5 Å². The van der Waals surface area contributed by atoms with Gasteiger partial charge in [-0.25, -0.2) is 9.97 Å². The zero-order valence-corrected chi connectivity index (χ0v) is 20.0. The average molecular weight is 457 g/mol. The average Bonchev–Trinajstić information content (AvgIpc) is 3.50. The lowest BCUT2D eigenvalue weighted by atomic mass is 9.78. The van der Waals surface area contributed by atoms with Crippen LogP contribution in [0.15, 0.2) is 47.5 Å². The molecule has 0 radical (unpaired) electrons. The van der Waals surface area contributed by atoms with Gasteiger partial charge in [-0.2, -0.15) is 0 Å². The van der Waals surface area contributed by atoms with Crippen LogP contribution in [0.3, 0.4) is 0 Å². The van der Waals surface area contributed by atoms with Crippen molar-refractivity contribution >= 4 is 11.8 Å². The van der Waals surface area contributed by atoms with Gasteiger partial charge in [-0.1, -0.05) is 19.9 Å². The molecule has 7 nitrogen and oxygen atoms in total. The van der Waals surface area contributed by atoms with Crippen molar-refractivity contribution in [3.05, 3.63) is 64.3 Å². The van der Waals surface area contributed by atoms with Gasteiger partial charge in [-0.3, -0.25) is 14.3 Å². The number of hydrogen-bond donors (Lipinski definition) is 1. The Kier molecular flexibility index (Phi) is 5.15. The zero-order valence-electron chi connectivity index (χ0n) is 20.0. The molecular weight excluding hydrogens is 424 g/mol. The topological polar surface area (TPSA) is 75.9 Å². The van der Waals surface area contributed by atoms with Crippen LogP contribution in [-0.2, 0) is 19.4 Å². The quantitative estimate of drug-likeness (QED) is 0.641. The Balaban J connectivity index is 1.22. The van der Waals surface area contributed by atoms with E-state index < -0.39 is 0 Å². The summed E-state index contributed by atoms with van der Waals surface area (Å²) >= 11 is 0. The van der Waals surface area contributed by atoms with Crippen LogP contribution in [0, 0.1) is 11.3 Å². The molecule has 0 bridgehead atoms. The summed E-state index contributed by atoms with van der Waals surface area (Å²) in [7, 11) is 0. The minimum Gasteiger partial charge on any atom is -0.357 e.